The number of benzene rings is 1. The minimum atomic E-state index is -1.29. The van der Waals surface area contributed by atoms with Crippen LogP contribution in [0.5, 0.6) is 5.88 Å². The van der Waals surface area contributed by atoms with Crippen LogP contribution in [0, 0.1) is 11.6 Å². The molecule has 6 heteroatoms. The molecule has 0 unspecified atom stereocenters. The Balaban J connectivity index is 2.64. The standard InChI is InChI=1S/C13H9F2NO3/c1-19-12-8(13(17)18)5-7(6-16-12)11-9(14)3-2-4-10(11)15/h2-6H,1H3,(H,17,18). The van der Waals surface area contributed by atoms with Gasteiger partial charge in [-0.1, -0.05) is 6.07 Å². The van der Waals surface area contributed by atoms with Crippen molar-refractivity contribution >= 4 is 5.97 Å². The highest BCUT2D eigenvalue weighted by molar-refractivity contribution is 5.91. The summed E-state index contributed by atoms with van der Waals surface area (Å²) in [6.07, 6.45) is 1.16. The molecular weight excluding hydrogens is 256 g/mol. The van der Waals surface area contributed by atoms with Crippen LogP contribution in [0.15, 0.2) is 30.5 Å². The third-order valence-electron chi connectivity index (χ3n) is 2.53. The van der Waals surface area contributed by atoms with E-state index in [0.29, 0.717) is 0 Å². The van der Waals surface area contributed by atoms with E-state index >= 15 is 0 Å². The summed E-state index contributed by atoms with van der Waals surface area (Å²) in [6.45, 7) is 0. The number of hydrogen-bond donors (Lipinski definition) is 1. The van der Waals surface area contributed by atoms with Crippen molar-refractivity contribution in [1.82, 2.24) is 4.98 Å². The van der Waals surface area contributed by atoms with Crippen molar-refractivity contribution in [3.05, 3.63) is 47.7 Å². The normalized spacial score (nSPS) is 10.3. The van der Waals surface area contributed by atoms with E-state index in [9.17, 15) is 13.6 Å². The van der Waals surface area contributed by atoms with Gasteiger partial charge in [0.1, 0.15) is 17.2 Å². The Morgan fingerprint density at radius 1 is 1.32 bits per heavy atom. The maximum absolute atomic E-state index is 13.6. The lowest BCUT2D eigenvalue weighted by Crippen LogP contribution is -2.03. The molecule has 0 saturated carbocycles. The Morgan fingerprint density at radius 2 is 1.95 bits per heavy atom. The van der Waals surface area contributed by atoms with E-state index in [4.69, 9.17) is 9.84 Å². The predicted molar refractivity (Wildman–Crippen MR) is 63.1 cm³/mol. The molecule has 0 fully saturated rings. The van der Waals surface area contributed by atoms with Gasteiger partial charge in [0.15, 0.2) is 0 Å². The fourth-order valence-corrected chi connectivity index (χ4v) is 1.68. The molecule has 1 aromatic carbocycles. The summed E-state index contributed by atoms with van der Waals surface area (Å²) in [5.74, 6) is -2.98. The highest BCUT2D eigenvalue weighted by Gasteiger charge is 2.17. The number of pyridine rings is 1. The molecule has 1 aromatic heterocycles. The van der Waals surface area contributed by atoms with Crippen LogP contribution in [0.3, 0.4) is 0 Å². The number of carbonyl (C=O) groups is 1. The molecule has 0 aliphatic heterocycles. The second kappa shape index (κ2) is 5.01. The Bertz CT molecular complexity index is 624. The molecule has 2 rings (SSSR count). The molecule has 1 heterocycles. The molecule has 0 aliphatic carbocycles. The molecule has 0 saturated heterocycles. The van der Waals surface area contributed by atoms with E-state index in [1.54, 1.807) is 0 Å². The minimum Gasteiger partial charge on any atom is -0.480 e. The number of rotatable bonds is 3. The summed E-state index contributed by atoms with van der Waals surface area (Å²) in [5, 5.41) is 9.00. The number of halogens is 2. The first kappa shape index (κ1) is 12.9. The van der Waals surface area contributed by atoms with Crippen molar-refractivity contribution in [3.63, 3.8) is 0 Å². The predicted octanol–water partition coefficient (Wildman–Crippen LogP) is 2.73. The fourth-order valence-electron chi connectivity index (χ4n) is 1.68. The van der Waals surface area contributed by atoms with Crippen LogP contribution in [0.1, 0.15) is 10.4 Å². The molecule has 0 spiro atoms. The van der Waals surface area contributed by atoms with Gasteiger partial charge in [-0.3, -0.25) is 0 Å². The first-order valence-electron chi connectivity index (χ1n) is 5.26. The number of ether oxygens (including phenoxy) is 1. The van der Waals surface area contributed by atoms with Crippen LogP contribution in [0.4, 0.5) is 8.78 Å². The van der Waals surface area contributed by atoms with Gasteiger partial charge < -0.3 is 9.84 Å². The minimum absolute atomic E-state index is 0.0359. The number of methoxy groups -OCH3 is 1. The summed E-state index contributed by atoms with van der Waals surface area (Å²) in [7, 11) is 1.26. The molecule has 0 radical (unpaired) electrons. The Labute approximate surface area is 107 Å². The van der Waals surface area contributed by atoms with Gasteiger partial charge in [0, 0.05) is 11.8 Å². The number of nitrogens with zero attached hydrogens (tertiary/aromatic N) is 1. The first-order chi connectivity index (χ1) is 9.04. The van der Waals surface area contributed by atoms with Crippen molar-refractivity contribution in [2.75, 3.05) is 7.11 Å². The average molecular weight is 265 g/mol. The third kappa shape index (κ3) is 2.37. The number of aromatic carboxylic acids is 1. The van der Waals surface area contributed by atoms with E-state index < -0.39 is 17.6 Å². The quantitative estimate of drug-likeness (QED) is 0.927. The zero-order valence-corrected chi connectivity index (χ0v) is 9.85. The van der Waals surface area contributed by atoms with Gasteiger partial charge in [0.25, 0.3) is 0 Å². The van der Waals surface area contributed by atoms with Crippen molar-refractivity contribution in [3.8, 4) is 17.0 Å². The summed E-state index contributed by atoms with van der Waals surface area (Å²) >= 11 is 0. The van der Waals surface area contributed by atoms with Crippen LogP contribution in [-0.4, -0.2) is 23.2 Å². The summed E-state index contributed by atoms with van der Waals surface area (Å²) in [5.41, 5.74) is -0.545. The summed E-state index contributed by atoms with van der Waals surface area (Å²) in [6, 6.07) is 4.52. The first-order valence-corrected chi connectivity index (χ1v) is 5.26. The molecule has 4 nitrogen and oxygen atoms in total. The second-order valence-corrected chi connectivity index (χ2v) is 3.68. The molecular formula is C13H9F2NO3. The van der Waals surface area contributed by atoms with Gasteiger partial charge in [0.05, 0.1) is 12.7 Å². The van der Waals surface area contributed by atoms with Crippen molar-refractivity contribution in [2.45, 2.75) is 0 Å². The van der Waals surface area contributed by atoms with E-state index in [2.05, 4.69) is 4.98 Å². The topological polar surface area (TPSA) is 59.4 Å². The zero-order valence-electron chi connectivity index (χ0n) is 9.85. The molecule has 0 bridgehead atoms. The maximum Gasteiger partial charge on any atom is 0.341 e. The average Bonchev–Trinajstić information content (AvgIpc) is 2.38. The molecule has 1 N–H and O–H groups in total. The monoisotopic (exact) mass is 265 g/mol. The smallest absolute Gasteiger partial charge is 0.341 e. The number of carboxylic acids is 1. The second-order valence-electron chi connectivity index (χ2n) is 3.68. The zero-order chi connectivity index (χ0) is 14.0. The van der Waals surface area contributed by atoms with E-state index in [0.717, 1.165) is 24.4 Å². The van der Waals surface area contributed by atoms with E-state index in [1.807, 2.05) is 0 Å². The largest absolute Gasteiger partial charge is 0.480 e. The van der Waals surface area contributed by atoms with Crippen LogP contribution in [0.25, 0.3) is 11.1 Å². The Morgan fingerprint density at radius 3 is 2.47 bits per heavy atom. The fraction of sp³-hybridized carbons (Fsp3) is 0.0769. The number of carboxylic acid groups (broad SMARTS) is 1. The molecule has 0 aliphatic rings. The maximum atomic E-state index is 13.6. The lowest BCUT2D eigenvalue weighted by molar-refractivity contribution is 0.0692. The molecule has 2 aromatic rings. The van der Waals surface area contributed by atoms with Crippen molar-refractivity contribution in [2.24, 2.45) is 0 Å². The van der Waals surface area contributed by atoms with E-state index in [-0.39, 0.29) is 22.6 Å². The van der Waals surface area contributed by atoms with Crippen LogP contribution >= 0.6 is 0 Å². The van der Waals surface area contributed by atoms with Crippen LogP contribution < -0.4 is 4.74 Å². The molecule has 98 valence electrons. The van der Waals surface area contributed by atoms with Gasteiger partial charge in [0.2, 0.25) is 5.88 Å². The Kier molecular flexibility index (Phi) is 3.41. The SMILES string of the molecule is COc1ncc(-c2c(F)cccc2F)cc1C(=O)O. The number of hydrogen-bond acceptors (Lipinski definition) is 3. The molecule has 0 amide bonds. The molecule has 19 heavy (non-hydrogen) atoms. The van der Waals surface area contributed by atoms with Crippen molar-refractivity contribution in [1.29, 1.82) is 0 Å². The van der Waals surface area contributed by atoms with Gasteiger partial charge >= 0.3 is 5.97 Å². The van der Waals surface area contributed by atoms with Crippen LogP contribution in [-0.2, 0) is 0 Å². The summed E-state index contributed by atoms with van der Waals surface area (Å²) in [4.78, 5) is 14.8. The van der Waals surface area contributed by atoms with Gasteiger partial charge in [-0.25, -0.2) is 18.6 Å². The van der Waals surface area contributed by atoms with E-state index in [1.165, 1.54) is 13.2 Å². The third-order valence-corrected chi connectivity index (χ3v) is 2.53. The van der Waals surface area contributed by atoms with Gasteiger partial charge in [-0.2, -0.15) is 0 Å². The Hall–Kier alpha value is -2.50. The highest BCUT2D eigenvalue weighted by atomic mass is 19.1. The number of aromatic nitrogens is 1. The van der Waals surface area contributed by atoms with Gasteiger partial charge in [-0.15, -0.1) is 0 Å². The highest BCUT2D eigenvalue weighted by Crippen LogP contribution is 2.28. The van der Waals surface area contributed by atoms with Crippen LogP contribution in [0.2, 0.25) is 0 Å². The van der Waals surface area contributed by atoms with Gasteiger partial charge in [-0.05, 0) is 18.2 Å². The lowest BCUT2D eigenvalue weighted by atomic mass is 10.0. The lowest BCUT2D eigenvalue weighted by Gasteiger charge is -2.08. The van der Waals surface area contributed by atoms with Crippen molar-refractivity contribution < 1.29 is 23.4 Å². The molecule has 0 atom stereocenters. The summed E-state index contributed by atoms with van der Waals surface area (Å²) < 4.78 is 32.0.